The van der Waals surface area contributed by atoms with Crippen LogP contribution in [0.25, 0.3) is 0 Å². The molecular formula is C12H15F3N2O3. The molecule has 1 rings (SSSR count). The molecule has 0 heterocycles. The number of nitrogens with zero attached hydrogens (tertiary/aromatic N) is 1. The van der Waals surface area contributed by atoms with E-state index in [-0.39, 0.29) is 18.8 Å². The van der Waals surface area contributed by atoms with Crippen LogP contribution in [0.5, 0.6) is 0 Å². The molecule has 0 saturated carbocycles. The Hall–Kier alpha value is -1.67. The summed E-state index contributed by atoms with van der Waals surface area (Å²) in [4.78, 5) is 10.3. The number of nitro groups is 1. The lowest BCUT2D eigenvalue weighted by molar-refractivity contribution is -0.385. The van der Waals surface area contributed by atoms with E-state index in [1.54, 1.807) is 18.2 Å². The van der Waals surface area contributed by atoms with Gasteiger partial charge in [0.05, 0.1) is 4.92 Å². The van der Waals surface area contributed by atoms with Crippen molar-refractivity contribution in [1.82, 2.24) is 5.32 Å². The second-order valence-electron chi connectivity index (χ2n) is 4.08. The summed E-state index contributed by atoms with van der Waals surface area (Å²) >= 11 is 0. The number of hydrogen-bond donors (Lipinski definition) is 1. The van der Waals surface area contributed by atoms with Gasteiger partial charge >= 0.3 is 6.18 Å². The normalized spacial score (nSPS) is 11.6. The van der Waals surface area contributed by atoms with Crippen LogP contribution < -0.4 is 5.32 Å². The molecule has 0 saturated heterocycles. The first-order chi connectivity index (χ1) is 9.40. The fraction of sp³-hybridized carbons (Fsp3) is 0.500. The molecule has 0 fully saturated rings. The Morgan fingerprint density at radius 2 is 2.00 bits per heavy atom. The Morgan fingerprint density at radius 3 is 2.65 bits per heavy atom. The van der Waals surface area contributed by atoms with Gasteiger partial charge in [-0.2, -0.15) is 13.2 Å². The van der Waals surface area contributed by atoms with Crippen molar-refractivity contribution < 1.29 is 22.8 Å². The van der Waals surface area contributed by atoms with E-state index in [4.69, 9.17) is 0 Å². The van der Waals surface area contributed by atoms with Crippen molar-refractivity contribution in [2.24, 2.45) is 0 Å². The maximum atomic E-state index is 11.8. The molecule has 5 nitrogen and oxygen atoms in total. The summed E-state index contributed by atoms with van der Waals surface area (Å²) in [6.45, 7) is -0.555. The first-order valence-corrected chi connectivity index (χ1v) is 5.97. The zero-order valence-electron chi connectivity index (χ0n) is 10.7. The van der Waals surface area contributed by atoms with Gasteiger partial charge in [0.25, 0.3) is 5.69 Å². The molecule has 0 aliphatic carbocycles. The van der Waals surface area contributed by atoms with Gasteiger partial charge in [0.15, 0.2) is 0 Å². The number of para-hydroxylation sites is 1. The average Bonchev–Trinajstić information content (AvgIpc) is 2.36. The van der Waals surface area contributed by atoms with Crippen molar-refractivity contribution in [2.45, 2.75) is 19.1 Å². The van der Waals surface area contributed by atoms with Crippen LogP contribution in [-0.2, 0) is 11.3 Å². The van der Waals surface area contributed by atoms with E-state index in [0.717, 1.165) is 0 Å². The Kier molecular flexibility index (Phi) is 6.40. The van der Waals surface area contributed by atoms with Crippen LogP contribution in [0.15, 0.2) is 24.3 Å². The minimum atomic E-state index is -4.31. The lowest BCUT2D eigenvalue weighted by Gasteiger charge is -2.08. The number of nitro benzene ring substituents is 1. The van der Waals surface area contributed by atoms with Gasteiger partial charge < -0.3 is 10.1 Å². The molecule has 0 aliphatic rings. The van der Waals surface area contributed by atoms with E-state index in [1.165, 1.54) is 6.07 Å². The van der Waals surface area contributed by atoms with Crippen molar-refractivity contribution in [3.8, 4) is 0 Å². The van der Waals surface area contributed by atoms with Crippen LogP contribution >= 0.6 is 0 Å². The lowest BCUT2D eigenvalue weighted by atomic mass is 10.2. The van der Waals surface area contributed by atoms with E-state index in [0.29, 0.717) is 18.5 Å². The summed E-state index contributed by atoms with van der Waals surface area (Å²) < 4.78 is 39.7. The molecule has 20 heavy (non-hydrogen) atoms. The van der Waals surface area contributed by atoms with Gasteiger partial charge in [-0.15, -0.1) is 0 Å². The van der Waals surface area contributed by atoms with Gasteiger partial charge in [-0.3, -0.25) is 10.1 Å². The maximum Gasteiger partial charge on any atom is 0.411 e. The van der Waals surface area contributed by atoms with Crippen molar-refractivity contribution in [1.29, 1.82) is 0 Å². The molecule has 0 unspecified atom stereocenters. The highest BCUT2D eigenvalue weighted by Crippen LogP contribution is 2.17. The monoisotopic (exact) mass is 292 g/mol. The molecule has 0 radical (unpaired) electrons. The molecule has 112 valence electrons. The molecule has 0 amide bonds. The Balaban J connectivity index is 2.20. The summed E-state index contributed by atoms with van der Waals surface area (Å²) in [5.41, 5.74) is 0.557. The highest BCUT2D eigenvalue weighted by atomic mass is 19.4. The standard InChI is InChI=1S/C12H15F3N2O3/c13-12(14,15)9-20-7-3-6-16-8-10-4-1-2-5-11(10)17(18)19/h1-2,4-5,16H,3,6-9H2. The first-order valence-electron chi connectivity index (χ1n) is 5.97. The molecule has 0 aliphatic heterocycles. The molecule has 1 aromatic carbocycles. The summed E-state index contributed by atoms with van der Waals surface area (Å²) in [6.07, 6.45) is -3.91. The number of benzene rings is 1. The zero-order chi connectivity index (χ0) is 15.0. The number of alkyl halides is 3. The van der Waals surface area contributed by atoms with E-state index >= 15 is 0 Å². The molecular weight excluding hydrogens is 277 g/mol. The average molecular weight is 292 g/mol. The Labute approximate surface area is 113 Å². The number of rotatable bonds is 8. The largest absolute Gasteiger partial charge is 0.411 e. The van der Waals surface area contributed by atoms with E-state index in [2.05, 4.69) is 10.1 Å². The van der Waals surface area contributed by atoms with Gasteiger partial charge in [0.1, 0.15) is 6.61 Å². The number of halogens is 3. The van der Waals surface area contributed by atoms with Crippen molar-refractivity contribution in [3.05, 3.63) is 39.9 Å². The molecule has 0 spiro atoms. The minimum absolute atomic E-state index is 0.0105. The topological polar surface area (TPSA) is 64.4 Å². The smallest absolute Gasteiger partial charge is 0.372 e. The third-order valence-electron chi connectivity index (χ3n) is 2.41. The van der Waals surface area contributed by atoms with Crippen LogP contribution in [0, 0.1) is 10.1 Å². The summed E-state index contributed by atoms with van der Waals surface area (Å²) in [7, 11) is 0. The maximum absolute atomic E-state index is 11.8. The van der Waals surface area contributed by atoms with Gasteiger partial charge in [0, 0.05) is 24.8 Å². The molecule has 8 heteroatoms. The summed E-state index contributed by atoms with van der Waals surface area (Å²) in [6, 6.07) is 6.30. The zero-order valence-corrected chi connectivity index (χ0v) is 10.7. The lowest BCUT2D eigenvalue weighted by Crippen LogP contribution is -2.20. The summed E-state index contributed by atoms with van der Waals surface area (Å²) in [5, 5.41) is 13.7. The van der Waals surface area contributed by atoms with Crippen molar-refractivity contribution in [2.75, 3.05) is 19.8 Å². The number of nitrogens with one attached hydrogen (secondary N) is 1. The van der Waals surface area contributed by atoms with Crippen LogP contribution in [0.1, 0.15) is 12.0 Å². The fourth-order valence-corrected chi connectivity index (χ4v) is 1.55. The Morgan fingerprint density at radius 1 is 1.30 bits per heavy atom. The molecule has 1 N–H and O–H groups in total. The second-order valence-corrected chi connectivity index (χ2v) is 4.08. The first kappa shape index (κ1) is 16.4. The highest BCUT2D eigenvalue weighted by Gasteiger charge is 2.27. The van der Waals surface area contributed by atoms with Crippen molar-refractivity contribution in [3.63, 3.8) is 0 Å². The van der Waals surface area contributed by atoms with Crippen LogP contribution in [0.2, 0.25) is 0 Å². The van der Waals surface area contributed by atoms with Gasteiger partial charge in [-0.25, -0.2) is 0 Å². The molecule has 0 aromatic heterocycles. The van der Waals surface area contributed by atoms with Crippen LogP contribution in [0.4, 0.5) is 18.9 Å². The third-order valence-corrected chi connectivity index (χ3v) is 2.41. The third kappa shape index (κ3) is 6.48. The second kappa shape index (κ2) is 7.81. The van der Waals surface area contributed by atoms with Crippen LogP contribution in [0.3, 0.4) is 0 Å². The Bertz CT molecular complexity index is 438. The predicted molar refractivity (Wildman–Crippen MR) is 66.3 cm³/mol. The molecule has 0 bridgehead atoms. The van der Waals surface area contributed by atoms with Crippen LogP contribution in [-0.4, -0.2) is 30.9 Å². The molecule has 0 atom stereocenters. The number of ether oxygens (including phenoxy) is 1. The SMILES string of the molecule is O=[N+]([O-])c1ccccc1CNCCCOCC(F)(F)F. The van der Waals surface area contributed by atoms with Gasteiger partial charge in [-0.05, 0) is 13.0 Å². The van der Waals surface area contributed by atoms with E-state index in [9.17, 15) is 23.3 Å². The quantitative estimate of drug-likeness (QED) is 0.454. The fourth-order valence-electron chi connectivity index (χ4n) is 1.55. The predicted octanol–water partition coefficient (Wildman–Crippen LogP) is 2.65. The van der Waals surface area contributed by atoms with Gasteiger partial charge in [0.2, 0.25) is 0 Å². The van der Waals surface area contributed by atoms with Crippen molar-refractivity contribution >= 4 is 5.69 Å². The molecule has 1 aromatic rings. The van der Waals surface area contributed by atoms with E-state index in [1.807, 2.05) is 0 Å². The highest BCUT2D eigenvalue weighted by molar-refractivity contribution is 5.39. The summed E-state index contributed by atoms with van der Waals surface area (Å²) in [5.74, 6) is 0. The minimum Gasteiger partial charge on any atom is -0.372 e. The number of hydrogen-bond acceptors (Lipinski definition) is 4. The van der Waals surface area contributed by atoms with Gasteiger partial charge in [-0.1, -0.05) is 18.2 Å². The van der Waals surface area contributed by atoms with E-state index < -0.39 is 17.7 Å².